The molecule has 0 heterocycles. The predicted molar refractivity (Wildman–Crippen MR) is 65.6 cm³/mol. The molecule has 0 aromatic carbocycles. The zero-order chi connectivity index (χ0) is 14.1. The Morgan fingerprint density at radius 2 is 1.78 bits per heavy atom. The summed E-state index contributed by atoms with van der Waals surface area (Å²) in [6.07, 6.45) is 1.97. The van der Waals surface area contributed by atoms with Crippen LogP contribution in [0, 0.1) is 0 Å². The Morgan fingerprint density at radius 1 is 1.22 bits per heavy atom. The fourth-order valence-corrected chi connectivity index (χ4v) is 1.46. The quantitative estimate of drug-likeness (QED) is 0.317. The second kappa shape index (κ2) is 8.35. The smallest absolute Gasteiger partial charge is 0.436 e. The van der Waals surface area contributed by atoms with Crippen molar-refractivity contribution in [2.24, 2.45) is 11.6 Å². The van der Waals surface area contributed by atoms with Crippen molar-refractivity contribution in [2.75, 3.05) is 7.11 Å². The number of hydrazine groups is 1. The normalized spacial score (nSPS) is 14.2. The average Bonchev–Trinajstić information content (AvgIpc) is 2.40. The summed E-state index contributed by atoms with van der Waals surface area (Å²) in [4.78, 5) is 26.8. The van der Waals surface area contributed by atoms with E-state index in [1.807, 2.05) is 13.8 Å². The van der Waals surface area contributed by atoms with Crippen molar-refractivity contribution in [3.05, 3.63) is 11.3 Å². The summed E-state index contributed by atoms with van der Waals surface area (Å²) in [5.41, 5.74) is 6.59. The van der Waals surface area contributed by atoms with Gasteiger partial charge in [-0.15, -0.1) is 0 Å². The molecule has 0 aliphatic heterocycles. The maximum absolute atomic E-state index is 11.7. The van der Waals surface area contributed by atoms with Crippen LogP contribution in [0.4, 0.5) is 4.79 Å². The first-order chi connectivity index (χ1) is 8.56. The third-order valence-corrected chi connectivity index (χ3v) is 2.31. The van der Waals surface area contributed by atoms with E-state index in [9.17, 15) is 9.59 Å². The summed E-state index contributed by atoms with van der Waals surface area (Å²) in [6, 6.07) is 0. The molecule has 1 rings (SSSR count). The minimum Gasteiger partial charge on any atom is -0.436 e. The van der Waals surface area contributed by atoms with Crippen molar-refractivity contribution < 1.29 is 19.2 Å². The number of ether oxygens (including phenoxy) is 1. The van der Waals surface area contributed by atoms with Gasteiger partial charge in [0.25, 0.3) is 0 Å². The zero-order valence-electron chi connectivity index (χ0n) is 11.1. The lowest BCUT2D eigenvalue weighted by Gasteiger charge is -2.20. The van der Waals surface area contributed by atoms with Crippen LogP contribution in [0.2, 0.25) is 0 Å². The molecule has 0 saturated carbocycles. The SMILES string of the molecule is CC.COC(=O)ON(N)C(=O)C1=C(N)CCCC1. The summed E-state index contributed by atoms with van der Waals surface area (Å²) in [7, 11) is 1.12. The van der Waals surface area contributed by atoms with Crippen molar-refractivity contribution in [1.82, 2.24) is 5.17 Å². The number of hydrogen-bond acceptors (Lipinski definition) is 6. The molecule has 1 aliphatic carbocycles. The van der Waals surface area contributed by atoms with Gasteiger partial charge in [-0.3, -0.25) is 9.63 Å². The van der Waals surface area contributed by atoms with Gasteiger partial charge in [-0.2, -0.15) is 0 Å². The number of methoxy groups -OCH3 is 1. The molecule has 0 unspecified atom stereocenters. The van der Waals surface area contributed by atoms with E-state index in [0.717, 1.165) is 20.0 Å². The summed E-state index contributed by atoms with van der Waals surface area (Å²) in [6.45, 7) is 4.00. The Labute approximate surface area is 107 Å². The van der Waals surface area contributed by atoms with Crippen LogP contribution in [0.5, 0.6) is 0 Å². The molecule has 18 heavy (non-hydrogen) atoms. The number of nitrogens with two attached hydrogens (primary N) is 2. The summed E-state index contributed by atoms with van der Waals surface area (Å²) in [5.74, 6) is 4.65. The van der Waals surface area contributed by atoms with Crippen LogP contribution >= 0.6 is 0 Å². The molecule has 4 N–H and O–H groups in total. The number of amides is 1. The van der Waals surface area contributed by atoms with Crippen molar-refractivity contribution in [2.45, 2.75) is 39.5 Å². The van der Waals surface area contributed by atoms with Gasteiger partial charge >= 0.3 is 12.1 Å². The van der Waals surface area contributed by atoms with Gasteiger partial charge in [-0.25, -0.2) is 10.6 Å². The monoisotopic (exact) mass is 259 g/mol. The van der Waals surface area contributed by atoms with Crippen LogP contribution in [-0.2, 0) is 14.4 Å². The Kier molecular flexibility index (Phi) is 7.53. The summed E-state index contributed by atoms with van der Waals surface area (Å²) >= 11 is 0. The Balaban J connectivity index is 0.00000137. The van der Waals surface area contributed by atoms with E-state index < -0.39 is 12.1 Å². The van der Waals surface area contributed by atoms with Crippen molar-refractivity contribution in [3.63, 3.8) is 0 Å². The average molecular weight is 259 g/mol. The maximum Gasteiger partial charge on any atom is 0.534 e. The molecule has 104 valence electrons. The lowest BCUT2D eigenvalue weighted by atomic mass is 9.96. The molecule has 0 spiro atoms. The van der Waals surface area contributed by atoms with Gasteiger partial charge in [0.1, 0.15) is 0 Å². The molecule has 0 fully saturated rings. The third-order valence-electron chi connectivity index (χ3n) is 2.31. The Hall–Kier alpha value is -1.76. The van der Waals surface area contributed by atoms with E-state index in [0.29, 0.717) is 29.3 Å². The minimum absolute atomic E-state index is 0.347. The predicted octanol–water partition coefficient (Wildman–Crippen LogP) is 1.20. The standard InChI is InChI=1S/C9H15N3O4.C2H6/c1-15-9(14)16-12(11)8(13)6-4-2-3-5-7(6)10;1-2/h2-5,10-11H2,1H3;1-2H3. The van der Waals surface area contributed by atoms with Gasteiger partial charge in [0, 0.05) is 11.3 Å². The largest absolute Gasteiger partial charge is 0.534 e. The number of rotatable bonds is 1. The highest BCUT2D eigenvalue weighted by Crippen LogP contribution is 2.22. The number of carbonyl (C=O) groups is 2. The fourth-order valence-electron chi connectivity index (χ4n) is 1.46. The highest BCUT2D eigenvalue weighted by atomic mass is 16.8. The van der Waals surface area contributed by atoms with Crippen LogP contribution in [0.3, 0.4) is 0 Å². The molecule has 0 aromatic heterocycles. The number of nitrogens with zero attached hydrogens (tertiary/aromatic N) is 1. The molecule has 0 radical (unpaired) electrons. The second-order valence-corrected chi connectivity index (χ2v) is 3.39. The summed E-state index contributed by atoms with van der Waals surface area (Å²) in [5, 5.41) is 0.347. The van der Waals surface area contributed by atoms with Crippen molar-refractivity contribution in [1.29, 1.82) is 0 Å². The van der Waals surface area contributed by atoms with E-state index in [4.69, 9.17) is 11.6 Å². The van der Waals surface area contributed by atoms with E-state index in [2.05, 4.69) is 9.57 Å². The van der Waals surface area contributed by atoms with E-state index >= 15 is 0 Å². The van der Waals surface area contributed by atoms with Gasteiger partial charge in [0.05, 0.1) is 7.11 Å². The molecular formula is C11H21N3O4. The molecule has 1 amide bonds. The topological polar surface area (TPSA) is 108 Å². The first kappa shape index (κ1) is 16.2. The van der Waals surface area contributed by atoms with Crippen LogP contribution in [-0.4, -0.2) is 24.3 Å². The molecule has 1 aliphatic rings. The molecule has 0 saturated heterocycles. The molecular weight excluding hydrogens is 238 g/mol. The number of hydrogen-bond donors (Lipinski definition) is 2. The van der Waals surface area contributed by atoms with Gasteiger partial charge in [-0.05, 0) is 25.7 Å². The molecule has 7 nitrogen and oxygen atoms in total. The number of allylic oxidation sites excluding steroid dienone is 1. The fraction of sp³-hybridized carbons (Fsp3) is 0.636. The first-order valence-electron chi connectivity index (χ1n) is 5.88. The van der Waals surface area contributed by atoms with Gasteiger partial charge in [0.2, 0.25) is 0 Å². The molecule has 0 atom stereocenters. The zero-order valence-corrected chi connectivity index (χ0v) is 11.1. The maximum atomic E-state index is 11.7. The third kappa shape index (κ3) is 4.62. The summed E-state index contributed by atoms with van der Waals surface area (Å²) < 4.78 is 4.20. The molecule has 7 heteroatoms. The second-order valence-electron chi connectivity index (χ2n) is 3.39. The highest BCUT2D eigenvalue weighted by molar-refractivity contribution is 5.93. The highest BCUT2D eigenvalue weighted by Gasteiger charge is 2.23. The van der Waals surface area contributed by atoms with Crippen LogP contribution < -0.4 is 11.6 Å². The van der Waals surface area contributed by atoms with E-state index in [1.54, 1.807) is 0 Å². The van der Waals surface area contributed by atoms with Gasteiger partial charge < -0.3 is 10.5 Å². The first-order valence-corrected chi connectivity index (χ1v) is 5.88. The van der Waals surface area contributed by atoms with Crippen LogP contribution in [0.25, 0.3) is 0 Å². The van der Waals surface area contributed by atoms with E-state index in [-0.39, 0.29) is 0 Å². The van der Waals surface area contributed by atoms with Crippen LogP contribution in [0.15, 0.2) is 11.3 Å². The molecule has 0 bridgehead atoms. The van der Waals surface area contributed by atoms with Crippen LogP contribution in [0.1, 0.15) is 39.5 Å². The Bertz CT molecular complexity index is 328. The van der Waals surface area contributed by atoms with E-state index in [1.165, 1.54) is 0 Å². The van der Waals surface area contributed by atoms with Gasteiger partial charge in [-0.1, -0.05) is 19.0 Å². The Morgan fingerprint density at radius 3 is 2.28 bits per heavy atom. The van der Waals surface area contributed by atoms with Gasteiger partial charge in [0.15, 0.2) is 0 Å². The number of hydroxylamine groups is 1. The lowest BCUT2D eigenvalue weighted by molar-refractivity contribution is -0.169. The number of carbonyl (C=O) groups excluding carboxylic acids is 2. The lowest BCUT2D eigenvalue weighted by Crippen LogP contribution is -2.41. The molecule has 0 aromatic rings. The van der Waals surface area contributed by atoms with Crippen molar-refractivity contribution >= 4 is 12.1 Å². The minimum atomic E-state index is -1.05. The van der Waals surface area contributed by atoms with Crippen molar-refractivity contribution in [3.8, 4) is 0 Å².